The fourth-order valence-electron chi connectivity index (χ4n) is 1.58. The van der Waals surface area contributed by atoms with Crippen LogP contribution in [0, 0.1) is 5.82 Å². The topological polar surface area (TPSA) is 83.6 Å². The lowest BCUT2D eigenvalue weighted by Gasteiger charge is -2.29. The summed E-state index contributed by atoms with van der Waals surface area (Å²) in [5.41, 5.74) is 4.19. The van der Waals surface area contributed by atoms with E-state index in [4.69, 9.17) is 4.74 Å². The Morgan fingerprint density at radius 3 is 2.42 bits per heavy atom. The van der Waals surface area contributed by atoms with Crippen LogP contribution in [0.15, 0.2) is 18.3 Å². The van der Waals surface area contributed by atoms with Crippen molar-refractivity contribution in [1.29, 1.82) is 0 Å². The van der Waals surface area contributed by atoms with Crippen LogP contribution < -0.4 is 10.9 Å². The summed E-state index contributed by atoms with van der Waals surface area (Å²) in [7, 11) is 0. The van der Waals surface area contributed by atoms with Gasteiger partial charge in [0.2, 0.25) is 6.41 Å². The molecule has 0 saturated carbocycles. The maximum Gasteiger partial charge on any atom is 0.410 e. The van der Waals surface area contributed by atoms with E-state index >= 15 is 0 Å². The summed E-state index contributed by atoms with van der Waals surface area (Å²) in [5.74, 6) is -0.0276. The van der Waals surface area contributed by atoms with Gasteiger partial charge in [-0.3, -0.25) is 15.6 Å². The van der Waals surface area contributed by atoms with Crippen molar-refractivity contribution in [3.05, 3.63) is 24.1 Å². The first kappa shape index (κ1) is 21.6. The van der Waals surface area contributed by atoms with E-state index in [1.165, 1.54) is 12.1 Å². The Morgan fingerprint density at radius 1 is 1.42 bits per heavy atom. The molecule has 1 rings (SSSR count). The second kappa shape index (κ2) is 10.4. The summed E-state index contributed by atoms with van der Waals surface area (Å²) in [4.78, 5) is 26.6. The highest BCUT2D eigenvalue weighted by Gasteiger charge is 2.22. The Kier molecular flexibility index (Phi) is 9.37. The van der Waals surface area contributed by atoms with Crippen LogP contribution in [-0.4, -0.2) is 40.6 Å². The number of anilines is 1. The molecule has 0 aliphatic heterocycles. The van der Waals surface area contributed by atoms with E-state index < -0.39 is 11.4 Å². The molecule has 0 aromatic carbocycles. The van der Waals surface area contributed by atoms with Gasteiger partial charge in [-0.05, 0) is 53.7 Å². The molecule has 1 aromatic rings. The maximum atomic E-state index is 12.2. The van der Waals surface area contributed by atoms with Crippen molar-refractivity contribution in [3.8, 4) is 0 Å². The zero-order valence-corrected chi connectivity index (χ0v) is 15.1. The second-order valence-corrected chi connectivity index (χ2v) is 6.11. The van der Waals surface area contributed by atoms with Crippen molar-refractivity contribution in [2.24, 2.45) is 0 Å². The predicted molar refractivity (Wildman–Crippen MR) is 90.8 cm³/mol. The SMILES string of the molecule is CCN(C(=O)OC(C)(C)C)C(C)C.O=CNNc1ccc(F)cn1. The third-order valence-electron chi connectivity index (χ3n) is 2.58. The van der Waals surface area contributed by atoms with Crippen molar-refractivity contribution in [3.63, 3.8) is 0 Å². The van der Waals surface area contributed by atoms with Crippen LogP contribution in [0.4, 0.5) is 15.0 Å². The van der Waals surface area contributed by atoms with Gasteiger partial charge in [0.15, 0.2) is 0 Å². The number of aromatic nitrogens is 1. The lowest BCUT2D eigenvalue weighted by Crippen LogP contribution is -2.40. The van der Waals surface area contributed by atoms with Crippen LogP contribution in [0.1, 0.15) is 41.5 Å². The van der Waals surface area contributed by atoms with Crippen LogP contribution in [-0.2, 0) is 9.53 Å². The van der Waals surface area contributed by atoms with Crippen LogP contribution in [0.2, 0.25) is 0 Å². The van der Waals surface area contributed by atoms with Gasteiger partial charge in [0.1, 0.15) is 17.2 Å². The van der Waals surface area contributed by atoms with Crippen molar-refractivity contribution in [2.45, 2.75) is 53.2 Å². The predicted octanol–water partition coefficient (Wildman–Crippen LogP) is 2.95. The van der Waals surface area contributed by atoms with Crippen LogP contribution in [0.3, 0.4) is 0 Å². The maximum absolute atomic E-state index is 12.2. The fraction of sp³-hybridized carbons (Fsp3) is 0.562. The fourth-order valence-corrected chi connectivity index (χ4v) is 1.58. The molecule has 24 heavy (non-hydrogen) atoms. The molecule has 0 bridgehead atoms. The highest BCUT2D eigenvalue weighted by Crippen LogP contribution is 2.11. The summed E-state index contributed by atoms with van der Waals surface area (Å²) >= 11 is 0. The highest BCUT2D eigenvalue weighted by atomic mass is 19.1. The highest BCUT2D eigenvalue weighted by molar-refractivity contribution is 5.68. The Bertz CT molecular complexity index is 501. The number of hydrogen-bond acceptors (Lipinski definition) is 5. The monoisotopic (exact) mass is 342 g/mol. The number of hydrazine groups is 1. The number of nitrogens with zero attached hydrogens (tertiary/aromatic N) is 2. The molecule has 2 amide bonds. The molecule has 0 spiro atoms. The first-order chi connectivity index (χ1) is 11.1. The van der Waals surface area contributed by atoms with Crippen molar-refractivity contribution in [2.75, 3.05) is 12.0 Å². The molecule has 0 saturated heterocycles. The Labute approximate surface area is 142 Å². The number of carbonyl (C=O) groups is 2. The molecule has 0 atom stereocenters. The third-order valence-corrected chi connectivity index (χ3v) is 2.58. The van der Waals surface area contributed by atoms with Crippen LogP contribution in [0.5, 0.6) is 0 Å². The summed E-state index contributed by atoms with van der Waals surface area (Å²) in [6.07, 6.45) is 1.28. The van der Waals surface area contributed by atoms with Crippen LogP contribution in [0.25, 0.3) is 0 Å². The number of ether oxygens (including phenoxy) is 1. The smallest absolute Gasteiger partial charge is 0.410 e. The van der Waals surface area contributed by atoms with Gasteiger partial charge >= 0.3 is 6.09 Å². The lowest BCUT2D eigenvalue weighted by atomic mass is 10.2. The van der Waals surface area contributed by atoms with E-state index in [2.05, 4.69) is 15.8 Å². The number of hydrogen-bond donors (Lipinski definition) is 2. The molecular weight excluding hydrogens is 315 g/mol. The summed E-state index contributed by atoms with van der Waals surface area (Å²) in [6, 6.07) is 2.84. The van der Waals surface area contributed by atoms with E-state index in [1.54, 1.807) is 4.90 Å². The molecule has 136 valence electrons. The van der Waals surface area contributed by atoms with Gasteiger partial charge in [-0.25, -0.2) is 14.2 Å². The lowest BCUT2D eigenvalue weighted by molar-refractivity contribution is -0.109. The Balaban J connectivity index is 0.000000446. The third kappa shape index (κ3) is 9.60. The molecule has 1 heterocycles. The van der Waals surface area contributed by atoms with Gasteiger partial charge in [-0.15, -0.1) is 0 Å². The molecule has 0 fully saturated rings. The van der Waals surface area contributed by atoms with E-state index in [0.29, 0.717) is 18.8 Å². The first-order valence-corrected chi connectivity index (χ1v) is 7.67. The Morgan fingerprint density at radius 2 is 2.04 bits per heavy atom. The Hall–Kier alpha value is -2.38. The molecule has 0 unspecified atom stereocenters. The van der Waals surface area contributed by atoms with Gasteiger partial charge in [0.05, 0.1) is 6.20 Å². The second-order valence-electron chi connectivity index (χ2n) is 6.11. The average Bonchev–Trinajstić information content (AvgIpc) is 2.46. The molecule has 0 aliphatic carbocycles. The van der Waals surface area contributed by atoms with Crippen molar-refractivity contribution < 1.29 is 18.7 Å². The first-order valence-electron chi connectivity index (χ1n) is 7.67. The molecule has 0 aliphatic rings. The van der Waals surface area contributed by atoms with E-state index in [-0.39, 0.29) is 12.1 Å². The van der Waals surface area contributed by atoms with Crippen molar-refractivity contribution >= 4 is 18.3 Å². The summed E-state index contributed by atoms with van der Waals surface area (Å²) in [5, 5.41) is 0. The zero-order chi connectivity index (χ0) is 18.8. The van der Waals surface area contributed by atoms with Gasteiger partial charge < -0.3 is 9.64 Å². The van der Waals surface area contributed by atoms with Gasteiger partial charge in [0, 0.05) is 12.6 Å². The van der Waals surface area contributed by atoms with Gasteiger partial charge in [-0.2, -0.15) is 0 Å². The number of pyridine rings is 1. The quantitative estimate of drug-likeness (QED) is 0.635. The van der Waals surface area contributed by atoms with Crippen LogP contribution >= 0.6 is 0 Å². The van der Waals surface area contributed by atoms with E-state index in [9.17, 15) is 14.0 Å². The minimum absolute atomic E-state index is 0.194. The van der Waals surface area contributed by atoms with Crippen molar-refractivity contribution in [1.82, 2.24) is 15.3 Å². The molecule has 7 nitrogen and oxygen atoms in total. The van der Waals surface area contributed by atoms with Gasteiger partial charge in [0.25, 0.3) is 0 Å². The summed E-state index contributed by atoms with van der Waals surface area (Å²) < 4.78 is 17.5. The molecule has 1 aromatic heterocycles. The molecular formula is C16H27FN4O3. The zero-order valence-electron chi connectivity index (χ0n) is 15.1. The number of halogens is 1. The largest absolute Gasteiger partial charge is 0.444 e. The molecule has 8 heteroatoms. The number of nitrogens with one attached hydrogen (secondary N) is 2. The van der Waals surface area contributed by atoms with E-state index in [0.717, 1.165) is 6.20 Å². The number of rotatable bonds is 5. The minimum Gasteiger partial charge on any atom is -0.444 e. The van der Waals surface area contributed by atoms with E-state index in [1.807, 2.05) is 41.5 Å². The molecule has 2 N–H and O–H groups in total. The average molecular weight is 342 g/mol. The number of carbonyl (C=O) groups excluding carboxylic acids is 2. The number of amides is 2. The summed E-state index contributed by atoms with van der Waals surface area (Å²) in [6.45, 7) is 12.2. The minimum atomic E-state index is -0.415. The normalized spacial score (nSPS) is 10.3. The standard InChI is InChI=1S/C10H21NO2.C6H6FN3O/c1-7-11(8(2)3)9(12)13-10(4,5)6;7-5-1-2-6(8-3-5)10-9-4-11/h8H,7H2,1-6H3;1-4H,(H,8,10)(H,9,11). The molecule has 0 radical (unpaired) electrons. The van der Waals surface area contributed by atoms with Gasteiger partial charge in [-0.1, -0.05) is 0 Å².